The molecule has 2 heterocycles. The number of fused-ring (bicyclic) bond motifs is 1. The van der Waals surface area contributed by atoms with Crippen molar-refractivity contribution in [1.82, 2.24) is 14.8 Å². The summed E-state index contributed by atoms with van der Waals surface area (Å²) in [7, 11) is 1.72. The van der Waals surface area contributed by atoms with E-state index in [4.69, 9.17) is 4.74 Å². The first-order chi connectivity index (χ1) is 17.4. The van der Waals surface area contributed by atoms with Gasteiger partial charge in [0, 0.05) is 31.4 Å². The van der Waals surface area contributed by atoms with E-state index in [0.717, 1.165) is 24.8 Å². The number of aliphatic hydroxyl groups is 1. The highest BCUT2D eigenvalue weighted by Gasteiger charge is 2.35. The summed E-state index contributed by atoms with van der Waals surface area (Å²) in [5, 5.41) is 12.8. The number of urea groups is 1. The number of allylic oxidation sites excluding steroid dienone is 2. The molecule has 0 radical (unpaired) electrons. The highest BCUT2D eigenvalue weighted by atomic mass is 16.5. The minimum atomic E-state index is -0.399. The van der Waals surface area contributed by atoms with Crippen LogP contribution in [0.25, 0.3) is 5.57 Å². The van der Waals surface area contributed by atoms with Gasteiger partial charge in [-0.15, -0.1) is 0 Å². The van der Waals surface area contributed by atoms with Crippen molar-refractivity contribution in [3.63, 3.8) is 0 Å². The van der Waals surface area contributed by atoms with Crippen LogP contribution in [0.1, 0.15) is 55.5 Å². The normalized spacial score (nSPS) is 20.8. The maximum Gasteiger partial charge on any atom is 0.321 e. The van der Waals surface area contributed by atoms with Crippen LogP contribution in [0.5, 0.6) is 5.88 Å². The third-order valence-corrected chi connectivity index (χ3v) is 7.01. The number of ether oxygens (including phenoxy) is 1. The molecule has 0 bridgehead atoms. The van der Waals surface area contributed by atoms with Crippen LogP contribution in [-0.2, 0) is 0 Å². The maximum absolute atomic E-state index is 13.6. The number of para-hydroxylation sites is 1. The summed E-state index contributed by atoms with van der Waals surface area (Å²) in [5.74, 6) is -0.0351. The number of hydrogen-bond donors (Lipinski definition) is 2. The molecule has 3 amide bonds. The molecule has 0 saturated heterocycles. The van der Waals surface area contributed by atoms with E-state index in [1.54, 1.807) is 23.0 Å². The number of nitrogens with one attached hydrogen (secondary N) is 1. The molecule has 2 aromatic rings. The molecule has 8 nitrogen and oxygen atoms in total. The average Bonchev–Trinajstić information content (AvgIpc) is 2.91. The molecule has 36 heavy (non-hydrogen) atoms. The van der Waals surface area contributed by atoms with Gasteiger partial charge in [-0.1, -0.05) is 31.2 Å². The molecule has 0 fully saturated rings. The van der Waals surface area contributed by atoms with Gasteiger partial charge in [0.05, 0.1) is 19.2 Å². The second-order valence-corrected chi connectivity index (χ2v) is 9.85. The van der Waals surface area contributed by atoms with E-state index in [1.165, 1.54) is 12.0 Å². The van der Waals surface area contributed by atoms with Gasteiger partial charge in [0.25, 0.3) is 5.91 Å². The average molecular weight is 493 g/mol. The maximum atomic E-state index is 13.6. The third-order valence-electron chi connectivity index (χ3n) is 7.01. The minimum absolute atomic E-state index is 0.106. The topological polar surface area (TPSA) is 95.0 Å². The molecule has 8 heteroatoms. The van der Waals surface area contributed by atoms with E-state index >= 15 is 0 Å². The Morgan fingerprint density at radius 2 is 2.08 bits per heavy atom. The zero-order chi connectivity index (χ0) is 25.7. The predicted molar refractivity (Wildman–Crippen MR) is 140 cm³/mol. The Kier molecular flexibility index (Phi) is 8.25. The molecule has 3 atom stereocenters. The zero-order valence-corrected chi connectivity index (χ0v) is 21.3. The number of carbonyl (C=O) groups is 2. The van der Waals surface area contributed by atoms with E-state index in [9.17, 15) is 14.7 Å². The zero-order valence-electron chi connectivity index (χ0n) is 21.3. The second kappa shape index (κ2) is 11.6. The lowest BCUT2D eigenvalue weighted by Crippen LogP contribution is -2.50. The molecule has 1 aromatic carbocycles. The van der Waals surface area contributed by atoms with Gasteiger partial charge in [-0.3, -0.25) is 4.79 Å². The number of benzene rings is 1. The lowest BCUT2D eigenvalue weighted by Gasteiger charge is -2.37. The second-order valence-electron chi connectivity index (χ2n) is 9.85. The predicted octanol–water partition coefficient (Wildman–Crippen LogP) is 4.42. The summed E-state index contributed by atoms with van der Waals surface area (Å²) in [5.41, 5.74) is 3.25. The third kappa shape index (κ3) is 5.87. The molecular weight excluding hydrogens is 456 g/mol. The molecule has 0 unspecified atom stereocenters. The van der Waals surface area contributed by atoms with Crippen LogP contribution in [0, 0.1) is 5.92 Å². The Balaban J connectivity index is 1.61. The summed E-state index contributed by atoms with van der Waals surface area (Å²) >= 11 is 0. The van der Waals surface area contributed by atoms with Crippen molar-refractivity contribution in [3.05, 3.63) is 59.8 Å². The van der Waals surface area contributed by atoms with Crippen molar-refractivity contribution in [2.75, 3.05) is 32.1 Å². The van der Waals surface area contributed by atoms with Gasteiger partial charge < -0.3 is 25.0 Å². The van der Waals surface area contributed by atoms with Gasteiger partial charge in [0.15, 0.2) is 0 Å². The smallest absolute Gasteiger partial charge is 0.321 e. The lowest BCUT2D eigenvalue weighted by atomic mass is 9.93. The number of rotatable bonds is 6. The standard InChI is InChI=1S/C28H36N4O4/c1-19-16-32(20(2)18-33)27(34)24-14-22(21-10-6-4-7-11-21)15-29-26(24)36-25(19)17-31(3)28(35)30-23-12-8-5-9-13-23/h5,8-10,12-15,19-20,25,33H,4,6-7,11,16-18H2,1-3H3,(H,30,35)/t19-,20+,25+/m1/s1. The molecule has 0 saturated carbocycles. The molecule has 2 aliphatic rings. The molecule has 1 aliphatic heterocycles. The van der Waals surface area contributed by atoms with Gasteiger partial charge in [-0.25, -0.2) is 9.78 Å². The van der Waals surface area contributed by atoms with Crippen molar-refractivity contribution in [2.45, 2.75) is 51.7 Å². The van der Waals surface area contributed by atoms with Crippen LogP contribution >= 0.6 is 0 Å². The van der Waals surface area contributed by atoms with E-state index in [-0.39, 0.29) is 36.4 Å². The molecule has 192 valence electrons. The van der Waals surface area contributed by atoms with Crippen LogP contribution in [0.3, 0.4) is 0 Å². The van der Waals surface area contributed by atoms with E-state index in [0.29, 0.717) is 24.3 Å². The first-order valence-electron chi connectivity index (χ1n) is 12.7. The first-order valence-corrected chi connectivity index (χ1v) is 12.7. The van der Waals surface area contributed by atoms with E-state index in [1.807, 2.05) is 50.2 Å². The first kappa shape index (κ1) is 25.7. The number of pyridine rings is 1. The largest absolute Gasteiger partial charge is 0.472 e. The van der Waals surface area contributed by atoms with Crippen LogP contribution in [-0.4, -0.2) is 70.7 Å². The van der Waals surface area contributed by atoms with Gasteiger partial charge in [0.1, 0.15) is 11.7 Å². The van der Waals surface area contributed by atoms with E-state index < -0.39 is 6.10 Å². The number of carbonyl (C=O) groups excluding carboxylic acids is 2. The van der Waals surface area contributed by atoms with Crippen molar-refractivity contribution < 1.29 is 19.4 Å². The number of aromatic nitrogens is 1. The highest BCUT2D eigenvalue weighted by molar-refractivity contribution is 5.97. The van der Waals surface area contributed by atoms with Gasteiger partial charge in [-0.2, -0.15) is 0 Å². The SMILES string of the molecule is C[C@@H]1CN([C@@H](C)CO)C(=O)c2cc(C3=CCCCC3)cnc2O[C@H]1CN(C)C(=O)Nc1ccccc1. The van der Waals surface area contributed by atoms with Crippen LogP contribution in [0.2, 0.25) is 0 Å². The molecule has 4 rings (SSSR count). The molecule has 1 aromatic heterocycles. The summed E-state index contributed by atoms with van der Waals surface area (Å²) < 4.78 is 6.33. The van der Waals surface area contributed by atoms with Gasteiger partial charge in [0.2, 0.25) is 5.88 Å². The fourth-order valence-electron chi connectivity index (χ4n) is 4.69. The summed E-state index contributed by atoms with van der Waals surface area (Å²) in [6.45, 7) is 4.39. The Labute approximate surface area is 213 Å². The number of likely N-dealkylation sites (N-methyl/N-ethyl adjacent to an activating group) is 1. The fourth-order valence-corrected chi connectivity index (χ4v) is 4.69. The van der Waals surface area contributed by atoms with E-state index in [2.05, 4.69) is 16.4 Å². The monoisotopic (exact) mass is 492 g/mol. The molecule has 1 aliphatic carbocycles. The number of aliphatic hydroxyl groups excluding tert-OH is 1. The van der Waals surface area contributed by atoms with Crippen molar-refractivity contribution in [3.8, 4) is 5.88 Å². The number of hydrogen-bond acceptors (Lipinski definition) is 5. The minimum Gasteiger partial charge on any atom is -0.472 e. The number of anilines is 1. The summed E-state index contributed by atoms with van der Waals surface area (Å²) in [6, 6.07) is 10.6. The summed E-state index contributed by atoms with van der Waals surface area (Å²) in [4.78, 5) is 34.3. The number of nitrogens with zero attached hydrogens (tertiary/aromatic N) is 3. The van der Waals surface area contributed by atoms with Crippen LogP contribution < -0.4 is 10.1 Å². The summed E-state index contributed by atoms with van der Waals surface area (Å²) in [6.07, 6.45) is 7.89. The van der Waals surface area contributed by atoms with Crippen molar-refractivity contribution in [1.29, 1.82) is 0 Å². The highest BCUT2D eigenvalue weighted by Crippen LogP contribution is 2.32. The Bertz CT molecular complexity index is 1100. The van der Waals surface area contributed by atoms with Crippen LogP contribution in [0.4, 0.5) is 10.5 Å². The Morgan fingerprint density at radius 3 is 2.78 bits per heavy atom. The quantitative estimate of drug-likeness (QED) is 0.622. The fraction of sp³-hybridized carbons (Fsp3) is 0.464. The molecular formula is C28H36N4O4. The van der Waals surface area contributed by atoms with Gasteiger partial charge >= 0.3 is 6.03 Å². The van der Waals surface area contributed by atoms with Crippen LogP contribution in [0.15, 0.2) is 48.7 Å². The lowest BCUT2D eigenvalue weighted by molar-refractivity contribution is 0.0356. The Hall–Kier alpha value is -3.39. The Morgan fingerprint density at radius 1 is 1.31 bits per heavy atom. The van der Waals surface area contributed by atoms with Crippen molar-refractivity contribution >= 4 is 23.2 Å². The van der Waals surface area contributed by atoms with Crippen molar-refractivity contribution in [2.24, 2.45) is 5.92 Å². The van der Waals surface area contributed by atoms with Gasteiger partial charge in [-0.05, 0) is 61.9 Å². The molecule has 0 spiro atoms. The number of amides is 3. The molecule has 2 N–H and O–H groups in total.